The van der Waals surface area contributed by atoms with Gasteiger partial charge in [0.2, 0.25) is 0 Å². The summed E-state index contributed by atoms with van der Waals surface area (Å²) < 4.78 is 0. The van der Waals surface area contributed by atoms with Gasteiger partial charge in [0.1, 0.15) is 24.6 Å². The summed E-state index contributed by atoms with van der Waals surface area (Å²) in [6, 6.07) is 17.3. The van der Waals surface area contributed by atoms with Crippen molar-refractivity contribution in [3.63, 3.8) is 0 Å². The van der Waals surface area contributed by atoms with Gasteiger partial charge in [0.25, 0.3) is 0 Å². The smallest absolute Gasteiger partial charge is 0.135 e. The van der Waals surface area contributed by atoms with E-state index in [1.165, 1.54) is 5.56 Å². The van der Waals surface area contributed by atoms with Crippen molar-refractivity contribution in [1.29, 1.82) is 0 Å². The molecule has 0 saturated carbocycles. The number of hydrogen-bond acceptors (Lipinski definition) is 6. The van der Waals surface area contributed by atoms with Crippen LogP contribution in [-0.4, -0.2) is 34.6 Å². The highest BCUT2D eigenvalue weighted by molar-refractivity contribution is 6.30. The minimum Gasteiger partial charge on any atom is -0.395 e. The normalized spacial score (nSPS) is 15.2. The predicted octanol–water partition coefficient (Wildman–Crippen LogP) is 5.99. The first-order valence-electron chi connectivity index (χ1n) is 11.4. The van der Waals surface area contributed by atoms with E-state index in [2.05, 4.69) is 40.2 Å². The highest BCUT2D eigenvalue weighted by atomic mass is 35.5. The molecule has 3 aromatic rings. The lowest BCUT2D eigenvalue weighted by Crippen LogP contribution is -2.25. The van der Waals surface area contributed by atoms with E-state index < -0.39 is 0 Å². The molecule has 7 heteroatoms. The van der Waals surface area contributed by atoms with Crippen LogP contribution in [0, 0.1) is 12.3 Å². The molecule has 0 saturated heterocycles. The van der Waals surface area contributed by atoms with Gasteiger partial charge in [-0.3, -0.25) is 9.97 Å². The molecule has 0 unspecified atom stereocenters. The Bertz CT molecular complexity index is 1170. The third-order valence-electron chi connectivity index (χ3n) is 5.52. The maximum atomic E-state index is 6.05. The van der Waals surface area contributed by atoms with E-state index in [1.807, 2.05) is 55.5 Å². The molecule has 2 aromatic heterocycles. The highest BCUT2D eigenvalue weighted by Gasteiger charge is 2.22. The van der Waals surface area contributed by atoms with Crippen molar-refractivity contribution < 1.29 is 9.68 Å². The van der Waals surface area contributed by atoms with Crippen LogP contribution in [0.3, 0.4) is 0 Å². The molecule has 0 fully saturated rings. The maximum Gasteiger partial charge on any atom is 0.135 e. The Labute approximate surface area is 205 Å². The predicted molar refractivity (Wildman–Crippen MR) is 135 cm³/mol. The summed E-state index contributed by atoms with van der Waals surface area (Å²) in [7, 11) is 0. The van der Waals surface area contributed by atoms with Crippen LogP contribution < -0.4 is 0 Å². The second-order valence-electron chi connectivity index (χ2n) is 9.22. The summed E-state index contributed by atoms with van der Waals surface area (Å²) in [5.41, 5.74) is 6.05. The van der Waals surface area contributed by atoms with Gasteiger partial charge < -0.3 is 9.68 Å². The number of fused-ring (bicyclic) bond motifs is 1. The zero-order valence-electron chi connectivity index (χ0n) is 19.8. The topological polar surface area (TPSA) is 69.0 Å². The van der Waals surface area contributed by atoms with Gasteiger partial charge in [-0.2, -0.15) is 0 Å². The molecule has 34 heavy (non-hydrogen) atoms. The number of aryl methyl sites for hydroxylation is 2. The first-order chi connectivity index (χ1) is 16.4. The third-order valence-corrected chi connectivity index (χ3v) is 5.77. The molecule has 0 bridgehead atoms. The number of oxime groups is 2. The standard InChI is InChI=1S/C27H29ClN4O2/c1-19-10-11-20-7-6-9-24(25(20)30-19)31-33-17-27(2,3)18-34-32-26(23-8-4-5-16-29-23)21-12-14-22(28)15-13-21/h4-5,8,10-16H,6-7,9,17-18H2,1-3H3. The zero-order valence-corrected chi connectivity index (χ0v) is 20.5. The molecule has 1 aromatic carbocycles. The lowest BCUT2D eigenvalue weighted by atomic mass is 9.94. The number of halogens is 1. The number of hydrogen-bond donors (Lipinski definition) is 0. The van der Waals surface area contributed by atoms with Gasteiger partial charge in [0.15, 0.2) is 0 Å². The second kappa shape index (κ2) is 10.8. The van der Waals surface area contributed by atoms with Crippen LogP contribution in [0.4, 0.5) is 0 Å². The Kier molecular flexibility index (Phi) is 7.58. The van der Waals surface area contributed by atoms with Gasteiger partial charge in [-0.25, -0.2) is 0 Å². The Balaban J connectivity index is 1.41. The van der Waals surface area contributed by atoms with Crippen molar-refractivity contribution in [3.8, 4) is 0 Å². The van der Waals surface area contributed by atoms with Crippen LogP contribution in [0.2, 0.25) is 5.02 Å². The van der Waals surface area contributed by atoms with Crippen LogP contribution in [0.5, 0.6) is 0 Å². The first-order valence-corrected chi connectivity index (χ1v) is 11.8. The van der Waals surface area contributed by atoms with Crippen molar-refractivity contribution in [2.24, 2.45) is 15.7 Å². The van der Waals surface area contributed by atoms with E-state index in [9.17, 15) is 0 Å². The summed E-state index contributed by atoms with van der Waals surface area (Å²) >= 11 is 6.05. The molecule has 0 N–H and O–H groups in total. The van der Waals surface area contributed by atoms with Crippen LogP contribution in [0.1, 0.15) is 54.9 Å². The highest BCUT2D eigenvalue weighted by Crippen LogP contribution is 2.22. The molecule has 0 aliphatic heterocycles. The molecule has 176 valence electrons. The van der Waals surface area contributed by atoms with Crippen LogP contribution in [0.25, 0.3) is 0 Å². The lowest BCUT2D eigenvalue weighted by molar-refractivity contribution is -0.0000655. The Morgan fingerprint density at radius 2 is 1.79 bits per heavy atom. The summed E-state index contributed by atoms with van der Waals surface area (Å²) in [5.74, 6) is 0. The molecule has 0 radical (unpaired) electrons. The number of rotatable bonds is 8. The molecule has 1 aliphatic carbocycles. The molecular weight excluding hydrogens is 448 g/mol. The minimum atomic E-state index is -0.305. The zero-order chi connectivity index (χ0) is 24.0. The second-order valence-corrected chi connectivity index (χ2v) is 9.66. The number of aromatic nitrogens is 2. The molecule has 6 nitrogen and oxygen atoms in total. The Hall–Kier alpha value is -3.25. The van der Waals surface area contributed by atoms with Crippen molar-refractivity contribution in [1.82, 2.24) is 9.97 Å². The summed E-state index contributed by atoms with van der Waals surface area (Å²) in [6.45, 7) is 6.87. The van der Waals surface area contributed by atoms with Gasteiger partial charge in [-0.15, -0.1) is 0 Å². The van der Waals surface area contributed by atoms with Crippen LogP contribution in [0.15, 0.2) is 71.1 Å². The summed E-state index contributed by atoms with van der Waals surface area (Å²) in [4.78, 5) is 20.7. The van der Waals surface area contributed by atoms with E-state index >= 15 is 0 Å². The van der Waals surface area contributed by atoms with Gasteiger partial charge in [0, 0.05) is 27.9 Å². The van der Waals surface area contributed by atoms with Gasteiger partial charge in [-0.05, 0) is 62.1 Å². The number of pyridine rings is 2. The summed E-state index contributed by atoms with van der Waals surface area (Å²) in [5, 5.41) is 9.53. The van der Waals surface area contributed by atoms with E-state index in [0.717, 1.165) is 47.6 Å². The van der Waals surface area contributed by atoms with E-state index in [4.69, 9.17) is 21.3 Å². The van der Waals surface area contributed by atoms with Crippen LogP contribution >= 0.6 is 11.6 Å². The fourth-order valence-corrected chi connectivity index (χ4v) is 3.77. The Morgan fingerprint density at radius 3 is 2.56 bits per heavy atom. The van der Waals surface area contributed by atoms with Gasteiger partial charge in [-0.1, -0.05) is 60.0 Å². The first kappa shape index (κ1) is 23.9. The average Bonchev–Trinajstić information content (AvgIpc) is 2.83. The third kappa shape index (κ3) is 6.20. The molecule has 0 atom stereocenters. The van der Waals surface area contributed by atoms with E-state index in [1.54, 1.807) is 6.20 Å². The molecule has 1 aliphatic rings. The molecule has 4 rings (SSSR count). The molecular formula is C27H29ClN4O2. The monoisotopic (exact) mass is 476 g/mol. The van der Waals surface area contributed by atoms with E-state index in [-0.39, 0.29) is 5.41 Å². The quantitative estimate of drug-likeness (QED) is 0.295. The minimum absolute atomic E-state index is 0.305. The van der Waals surface area contributed by atoms with Crippen LogP contribution in [-0.2, 0) is 16.1 Å². The van der Waals surface area contributed by atoms with Crippen molar-refractivity contribution in [2.75, 3.05) is 13.2 Å². The molecule has 2 heterocycles. The van der Waals surface area contributed by atoms with E-state index in [0.29, 0.717) is 23.9 Å². The fraction of sp³-hybridized carbons (Fsp3) is 0.333. The largest absolute Gasteiger partial charge is 0.395 e. The molecule has 0 amide bonds. The SMILES string of the molecule is Cc1ccc2c(n1)C(=NOCC(C)(C)CON=C(c1ccc(Cl)cc1)c1ccccn1)CCC2. The van der Waals surface area contributed by atoms with Crippen molar-refractivity contribution >= 4 is 23.0 Å². The van der Waals surface area contributed by atoms with Gasteiger partial charge in [0.05, 0.1) is 11.4 Å². The maximum absolute atomic E-state index is 6.05. The number of benzene rings is 1. The summed E-state index contributed by atoms with van der Waals surface area (Å²) in [6.07, 6.45) is 4.70. The fourth-order valence-electron chi connectivity index (χ4n) is 3.65. The Morgan fingerprint density at radius 1 is 1.00 bits per heavy atom. The molecule has 0 spiro atoms. The number of nitrogens with zero attached hydrogens (tertiary/aromatic N) is 4. The van der Waals surface area contributed by atoms with Crippen molar-refractivity contribution in [3.05, 3.63) is 94.0 Å². The van der Waals surface area contributed by atoms with Gasteiger partial charge >= 0.3 is 0 Å². The lowest BCUT2D eigenvalue weighted by Gasteiger charge is -2.22. The van der Waals surface area contributed by atoms with Crippen molar-refractivity contribution in [2.45, 2.75) is 40.0 Å². The average molecular weight is 477 g/mol.